The minimum Gasteiger partial charge on any atom is -0.350 e. The van der Waals surface area contributed by atoms with E-state index in [1.54, 1.807) is 24.4 Å². The second kappa shape index (κ2) is 4.81. The van der Waals surface area contributed by atoms with Crippen molar-refractivity contribution in [2.24, 2.45) is 0 Å². The van der Waals surface area contributed by atoms with E-state index >= 15 is 0 Å². The van der Waals surface area contributed by atoms with Crippen LogP contribution in [0.15, 0.2) is 23.9 Å². The van der Waals surface area contributed by atoms with Gasteiger partial charge in [0.2, 0.25) is 0 Å². The van der Waals surface area contributed by atoms with Crippen molar-refractivity contribution >= 4 is 5.91 Å². The Balaban J connectivity index is 2.62. The van der Waals surface area contributed by atoms with Crippen LogP contribution in [0.4, 0.5) is 0 Å². The van der Waals surface area contributed by atoms with E-state index in [1.165, 1.54) is 0 Å². The highest BCUT2D eigenvalue weighted by Crippen LogP contribution is 2.07. The van der Waals surface area contributed by atoms with Crippen LogP contribution in [0.25, 0.3) is 0 Å². The lowest BCUT2D eigenvalue weighted by molar-refractivity contribution is -0.118. The summed E-state index contributed by atoms with van der Waals surface area (Å²) < 4.78 is 0. The van der Waals surface area contributed by atoms with Gasteiger partial charge >= 0.3 is 0 Å². The lowest BCUT2D eigenvalue weighted by atomic mass is 10.2. The second-order valence-corrected chi connectivity index (χ2v) is 3.40. The van der Waals surface area contributed by atoms with E-state index in [0.29, 0.717) is 12.1 Å². The number of carbonyl (C=O) groups is 1. The maximum absolute atomic E-state index is 11.6. The molecule has 4 nitrogen and oxygen atoms in total. The van der Waals surface area contributed by atoms with Crippen LogP contribution >= 0.6 is 0 Å². The zero-order chi connectivity index (χ0) is 10.6. The molecule has 0 atom stereocenters. The summed E-state index contributed by atoms with van der Waals surface area (Å²) in [7, 11) is 1.58. The molecule has 1 N–H and O–H groups in total. The number of carbonyl (C=O) groups excluding carboxylic acids is 1. The van der Waals surface area contributed by atoms with E-state index in [-0.39, 0.29) is 11.9 Å². The fourth-order valence-corrected chi connectivity index (χ4v) is 1.14. The van der Waals surface area contributed by atoms with Gasteiger partial charge in [-0.25, -0.2) is 0 Å². The van der Waals surface area contributed by atoms with Crippen LogP contribution < -0.4 is 5.32 Å². The number of hydrogen-bond acceptors (Lipinski definition) is 3. The first-order chi connectivity index (χ1) is 6.63. The van der Waals surface area contributed by atoms with Crippen molar-refractivity contribution in [3.05, 3.63) is 23.9 Å². The molecule has 0 aliphatic carbocycles. The molecule has 78 valence electrons. The summed E-state index contributed by atoms with van der Waals surface area (Å²) in [5, 5.41) is 4.42. The first-order valence-corrected chi connectivity index (χ1v) is 4.63. The Labute approximate surface area is 84.2 Å². The summed E-state index contributed by atoms with van der Waals surface area (Å²) in [4.78, 5) is 16.6. The maximum atomic E-state index is 11.6. The molecule has 0 radical (unpaired) electrons. The van der Waals surface area contributed by atoms with E-state index in [9.17, 15) is 4.79 Å². The summed E-state index contributed by atoms with van der Waals surface area (Å²) in [6.07, 6.45) is 5.38. The third-order valence-electron chi connectivity index (χ3n) is 1.78. The molecule has 0 unspecified atom stereocenters. The molecular formula is C10H16N2O2. The van der Waals surface area contributed by atoms with Crippen LogP contribution in [0.5, 0.6) is 0 Å². The van der Waals surface area contributed by atoms with Gasteiger partial charge in [0.25, 0.3) is 5.91 Å². The molecule has 1 rings (SSSR count). The Morgan fingerprint density at radius 2 is 2.36 bits per heavy atom. The SMILES string of the molecule is CON1C=C(C(=O)NC(C)C)C=CC1. The summed E-state index contributed by atoms with van der Waals surface area (Å²) in [5.74, 6) is -0.0713. The molecule has 1 aliphatic heterocycles. The van der Waals surface area contributed by atoms with E-state index in [2.05, 4.69) is 5.32 Å². The topological polar surface area (TPSA) is 41.6 Å². The number of hydrogen-bond donors (Lipinski definition) is 1. The van der Waals surface area contributed by atoms with Crippen molar-refractivity contribution in [3.8, 4) is 0 Å². The third-order valence-corrected chi connectivity index (χ3v) is 1.78. The summed E-state index contributed by atoms with van der Waals surface area (Å²) >= 11 is 0. The quantitative estimate of drug-likeness (QED) is 0.727. The molecule has 0 aromatic heterocycles. The molecule has 4 heteroatoms. The third kappa shape index (κ3) is 2.88. The Kier molecular flexibility index (Phi) is 3.71. The Morgan fingerprint density at radius 1 is 1.64 bits per heavy atom. The first-order valence-electron chi connectivity index (χ1n) is 4.63. The van der Waals surface area contributed by atoms with Crippen molar-refractivity contribution in [1.82, 2.24) is 10.4 Å². The molecule has 1 heterocycles. The van der Waals surface area contributed by atoms with Crippen LogP contribution in [-0.4, -0.2) is 30.7 Å². The average molecular weight is 196 g/mol. The molecule has 0 bridgehead atoms. The zero-order valence-electron chi connectivity index (χ0n) is 8.78. The van der Waals surface area contributed by atoms with E-state index < -0.39 is 0 Å². The first kappa shape index (κ1) is 10.8. The van der Waals surface area contributed by atoms with Gasteiger partial charge in [0.05, 0.1) is 19.2 Å². The largest absolute Gasteiger partial charge is 0.350 e. The molecule has 0 saturated heterocycles. The van der Waals surface area contributed by atoms with Gasteiger partial charge in [-0.2, -0.15) is 0 Å². The van der Waals surface area contributed by atoms with Crippen LogP contribution in [0.2, 0.25) is 0 Å². The normalized spacial score (nSPS) is 15.7. The minimum absolute atomic E-state index is 0.0713. The summed E-state index contributed by atoms with van der Waals surface area (Å²) in [5.41, 5.74) is 0.617. The highest BCUT2D eigenvalue weighted by atomic mass is 16.7. The second-order valence-electron chi connectivity index (χ2n) is 3.40. The lowest BCUT2D eigenvalue weighted by Gasteiger charge is -2.20. The van der Waals surface area contributed by atoms with Gasteiger partial charge < -0.3 is 5.32 Å². The highest BCUT2D eigenvalue weighted by Gasteiger charge is 2.12. The smallest absolute Gasteiger partial charge is 0.253 e. The fraction of sp³-hybridized carbons (Fsp3) is 0.500. The molecule has 1 amide bonds. The van der Waals surface area contributed by atoms with Gasteiger partial charge in [-0.1, -0.05) is 12.2 Å². The highest BCUT2D eigenvalue weighted by molar-refractivity contribution is 5.96. The van der Waals surface area contributed by atoms with E-state index in [1.807, 2.05) is 19.9 Å². The van der Waals surface area contributed by atoms with Gasteiger partial charge in [-0.3, -0.25) is 14.7 Å². The van der Waals surface area contributed by atoms with Gasteiger partial charge in [-0.15, -0.1) is 0 Å². The molecular weight excluding hydrogens is 180 g/mol. The number of hydroxylamine groups is 2. The van der Waals surface area contributed by atoms with Crippen LogP contribution in [-0.2, 0) is 9.63 Å². The van der Waals surface area contributed by atoms with Gasteiger partial charge in [0, 0.05) is 12.2 Å². The number of nitrogens with zero attached hydrogens (tertiary/aromatic N) is 1. The van der Waals surface area contributed by atoms with Crippen LogP contribution in [0, 0.1) is 0 Å². The monoisotopic (exact) mass is 196 g/mol. The molecule has 0 aromatic carbocycles. The lowest BCUT2D eigenvalue weighted by Crippen LogP contribution is -2.33. The van der Waals surface area contributed by atoms with Crippen LogP contribution in [0.3, 0.4) is 0 Å². The number of rotatable bonds is 3. The number of amides is 1. The molecule has 1 aliphatic rings. The van der Waals surface area contributed by atoms with E-state index in [0.717, 1.165) is 0 Å². The van der Waals surface area contributed by atoms with Crippen molar-refractivity contribution in [1.29, 1.82) is 0 Å². The van der Waals surface area contributed by atoms with Gasteiger partial charge in [-0.05, 0) is 13.8 Å². The van der Waals surface area contributed by atoms with Gasteiger partial charge in [0.15, 0.2) is 0 Å². The molecule has 14 heavy (non-hydrogen) atoms. The maximum Gasteiger partial charge on any atom is 0.253 e. The number of nitrogens with one attached hydrogen (secondary N) is 1. The molecule has 0 spiro atoms. The average Bonchev–Trinajstić information content (AvgIpc) is 2.17. The predicted octanol–water partition coefficient (Wildman–Crippen LogP) is 0.828. The Morgan fingerprint density at radius 3 is 2.93 bits per heavy atom. The van der Waals surface area contributed by atoms with Crippen molar-refractivity contribution in [2.75, 3.05) is 13.7 Å². The Hall–Kier alpha value is -1.29. The predicted molar refractivity (Wildman–Crippen MR) is 54.2 cm³/mol. The summed E-state index contributed by atoms with van der Waals surface area (Å²) in [6, 6.07) is 0.148. The Bertz CT molecular complexity index is 269. The van der Waals surface area contributed by atoms with Crippen molar-refractivity contribution in [3.63, 3.8) is 0 Å². The standard InChI is InChI=1S/C10H16N2O2/c1-8(2)11-10(13)9-5-4-6-12(7-9)14-3/h4-5,7-8H,6H2,1-3H3,(H,11,13). The summed E-state index contributed by atoms with van der Waals surface area (Å²) in [6.45, 7) is 4.53. The minimum atomic E-state index is -0.0713. The zero-order valence-corrected chi connectivity index (χ0v) is 8.78. The van der Waals surface area contributed by atoms with Gasteiger partial charge in [0.1, 0.15) is 0 Å². The van der Waals surface area contributed by atoms with E-state index in [4.69, 9.17) is 4.84 Å². The van der Waals surface area contributed by atoms with Crippen molar-refractivity contribution < 1.29 is 9.63 Å². The molecule has 0 aromatic rings. The molecule has 0 saturated carbocycles. The molecule has 0 fully saturated rings. The van der Waals surface area contributed by atoms with Crippen molar-refractivity contribution in [2.45, 2.75) is 19.9 Å². The fourth-order valence-electron chi connectivity index (χ4n) is 1.14. The van der Waals surface area contributed by atoms with Crippen LogP contribution in [0.1, 0.15) is 13.8 Å².